The summed E-state index contributed by atoms with van der Waals surface area (Å²) in [5, 5.41) is 7.20. The van der Waals surface area contributed by atoms with Crippen LogP contribution in [0.15, 0.2) is 53.7 Å². The highest BCUT2D eigenvalue weighted by atomic mass is 35.5. The van der Waals surface area contributed by atoms with Crippen LogP contribution in [0.2, 0.25) is 5.02 Å². The minimum atomic E-state index is -0.826. The first-order valence-corrected chi connectivity index (χ1v) is 10.4. The van der Waals surface area contributed by atoms with E-state index < -0.39 is 12.0 Å². The number of oxime groups is 1. The van der Waals surface area contributed by atoms with Crippen LogP contribution in [0.5, 0.6) is 0 Å². The number of amides is 2. The number of piperazine rings is 1. The van der Waals surface area contributed by atoms with Crippen molar-refractivity contribution in [3.8, 4) is 0 Å². The van der Waals surface area contributed by atoms with Gasteiger partial charge in [-0.15, -0.1) is 0 Å². The van der Waals surface area contributed by atoms with Gasteiger partial charge in [0.15, 0.2) is 0 Å². The number of rotatable bonds is 5. The Morgan fingerprint density at radius 1 is 1.13 bits per heavy atom. The SMILES string of the molecule is O=C(NCC(=O)N1CCN(c2ccc(Cl)cc2)CC1)C1CC(c2cccc(F)c2)=NO1. The molecule has 9 heteroatoms. The summed E-state index contributed by atoms with van der Waals surface area (Å²) in [6.45, 7) is 2.46. The van der Waals surface area contributed by atoms with E-state index in [2.05, 4.69) is 15.4 Å². The van der Waals surface area contributed by atoms with Gasteiger partial charge in [0.1, 0.15) is 5.82 Å². The second-order valence-corrected chi connectivity index (χ2v) is 7.84. The van der Waals surface area contributed by atoms with Crippen LogP contribution in [-0.4, -0.2) is 61.3 Å². The number of anilines is 1. The summed E-state index contributed by atoms with van der Waals surface area (Å²) in [6.07, 6.45) is -0.601. The molecule has 7 nitrogen and oxygen atoms in total. The monoisotopic (exact) mass is 444 g/mol. The van der Waals surface area contributed by atoms with Gasteiger partial charge in [0.2, 0.25) is 12.0 Å². The molecule has 1 saturated heterocycles. The molecule has 2 aliphatic rings. The summed E-state index contributed by atoms with van der Waals surface area (Å²) in [5.74, 6) is -0.938. The number of hydrogen-bond donors (Lipinski definition) is 1. The zero-order valence-corrected chi connectivity index (χ0v) is 17.5. The van der Waals surface area contributed by atoms with Gasteiger partial charge in [-0.25, -0.2) is 4.39 Å². The van der Waals surface area contributed by atoms with E-state index in [1.807, 2.05) is 24.3 Å². The van der Waals surface area contributed by atoms with E-state index in [0.717, 1.165) is 5.69 Å². The van der Waals surface area contributed by atoms with Gasteiger partial charge in [0.25, 0.3) is 5.91 Å². The average molecular weight is 445 g/mol. The van der Waals surface area contributed by atoms with Crippen LogP contribution in [0.1, 0.15) is 12.0 Å². The highest BCUT2D eigenvalue weighted by Crippen LogP contribution is 2.20. The van der Waals surface area contributed by atoms with E-state index >= 15 is 0 Å². The highest BCUT2D eigenvalue weighted by Gasteiger charge is 2.30. The maximum atomic E-state index is 13.4. The van der Waals surface area contributed by atoms with E-state index in [4.69, 9.17) is 16.4 Å². The lowest BCUT2D eigenvalue weighted by Crippen LogP contribution is -2.51. The predicted octanol–water partition coefficient (Wildman–Crippen LogP) is 2.44. The Hall–Kier alpha value is -3.13. The van der Waals surface area contributed by atoms with E-state index in [1.165, 1.54) is 12.1 Å². The van der Waals surface area contributed by atoms with E-state index in [1.54, 1.807) is 17.0 Å². The van der Waals surface area contributed by atoms with Crippen LogP contribution in [0.4, 0.5) is 10.1 Å². The molecule has 0 radical (unpaired) electrons. The second-order valence-electron chi connectivity index (χ2n) is 7.41. The van der Waals surface area contributed by atoms with Crippen molar-refractivity contribution in [1.29, 1.82) is 0 Å². The van der Waals surface area contributed by atoms with Crippen molar-refractivity contribution >= 4 is 34.8 Å². The first kappa shape index (κ1) is 21.1. The number of halogens is 2. The van der Waals surface area contributed by atoms with Crippen molar-refractivity contribution in [3.05, 3.63) is 64.9 Å². The van der Waals surface area contributed by atoms with Crippen LogP contribution in [0.3, 0.4) is 0 Å². The smallest absolute Gasteiger partial charge is 0.264 e. The lowest BCUT2D eigenvalue weighted by Gasteiger charge is -2.36. The van der Waals surface area contributed by atoms with Gasteiger partial charge >= 0.3 is 0 Å². The third kappa shape index (κ3) is 5.14. The molecule has 1 fully saturated rings. The van der Waals surface area contributed by atoms with Gasteiger partial charge in [-0.2, -0.15) is 0 Å². The van der Waals surface area contributed by atoms with Crippen molar-refractivity contribution < 1.29 is 18.8 Å². The molecule has 4 rings (SSSR count). The highest BCUT2D eigenvalue weighted by molar-refractivity contribution is 6.30. The third-order valence-corrected chi connectivity index (χ3v) is 5.61. The van der Waals surface area contributed by atoms with Gasteiger partial charge in [-0.05, 0) is 36.4 Å². The van der Waals surface area contributed by atoms with Gasteiger partial charge in [-0.1, -0.05) is 28.9 Å². The molecular formula is C22H22ClFN4O3. The summed E-state index contributed by atoms with van der Waals surface area (Å²) in [7, 11) is 0. The number of carbonyl (C=O) groups is 2. The fourth-order valence-corrected chi connectivity index (χ4v) is 3.74. The molecule has 162 valence electrons. The number of carbonyl (C=O) groups excluding carboxylic acids is 2. The summed E-state index contributed by atoms with van der Waals surface area (Å²) in [6, 6.07) is 13.6. The molecule has 0 aliphatic carbocycles. The molecule has 0 saturated carbocycles. The normalized spacial score (nSPS) is 18.4. The molecule has 1 unspecified atom stereocenters. The molecule has 0 spiro atoms. The predicted molar refractivity (Wildman–Crippen MR) is 116 cm³/mol. The Balaban J connectivity index is 1.21. The Labute approximate surface area is 184 Å². The largest absolute Gasteiger partial charge is 0.382 e. The van der Waals surface area contributed by atoms with E-state index in [0.29, 0.717) is 42.5 Å². The van der Waals surface area contributed by atoms with Crippen LogP contribution < -0.4 is 10.2 Å². The summed E-state index contributed by atoms with van der Waals surface area (Å²) in [4.78, 5) is 34.0. The number of nitrogens with one attached hydrogen (secondary N) is 1. The molecule has 0 aromatic heterocycles. The molecule has 1 N–H and O–H groups in total. The molecule has 2 amide bonds. The second kappa shape index (κ2) is 9.34. The van der Waals surface area contributed by atoms with Crippen LogP contribution in [-0.2, 0) is 14.4 Å². The van der Waals surface area contributed by atoms with Gasteiger partial charge in [-0.3, -0.25) is 9.59 Å². The van der Waals surface area contributed by atoms with Crippen LogP contribution in [0.25, 0.3) is 0 Å². The van der Waals surface area contributed by atoms with Crippen LogP contribution >= 0.6 is 11.6 Å². The zero-order valence-electron chi connectivity index (χ0n) is 16.8. The fraction of sp³-hybridized carbons (Fsp3) is 0.318. The minimum Gasteiger partial charge on any atom is -0.382 e. The first-order valence-electron chi connectivity index (χ1n) is 10.0. The average Bonchev–Trinajstić information content (AvgIpc) is 3.28. The summed E-state index contributed by atoms with van der Waals surface area (Å²) >= 11 is 5.93. The number of nitrogens with zero attached hydrogens (tertiary/aromatic N) is 3. The zero-order chi connectivity index (χ0) is 21.8. The van der Waals surface area contributed by atoms with Crippen molar-refractivity contribution in [2.45, 2.75) is 12.5 Å². The maximum Gasteiger partial charge on any atom is 0.264 e. The standard InChI is InChI=1S/C22H22ClFN4O3/c23-16-4-6-18(7-5-16)27-8-10-28(11-9-27)21(29)14-25-22(30)20-13-19(26-31-20)15-2-1-3-17(24)12-15/h1-7,12,20H,8-11,13-14H2,(H,25,30). The Morgan fingerprint density at radius 2 is 1.87 bits per heavy atom. The molecule has 2 aliphatic heterocycles. The first-order chi connectivity index (χ1) is 15.0. The van der Waals surface area contributed by atoms with Crippen LogP contribution in [0, 0.1) is 5.82 Å². The maximum absolute atomic E-state index is 13.4. The topological polar surface area (TPSA) is 74.2 Å². The van der Waals surface area contributed by atoms with Crippen molar-refractivity contribution in [3.63, 3.8) is 0 Å². The van der Waals surface area contributed by atoms with Crippen molar-refractivity contribution in [2.75, 3.05) is 37.6 Å². The van der Waals surface area contributed by atoms with E-state index in [-0.39, 0.29) is 24.7 Å². The van der Waals surface area contributed by atoms with Crippen molar-refractivity contribution in [1.82, 2.24) is 10.2 Å². The van der Waals surface area contributed by atoms with Crippen molar-refractivity contribution in [2.24, 2.45) is 5.16 Å². The van der Waals surface area contributed by atoms with Gasteiger partial charge in [0.05, 0.1) is 12.3 Å². The lowest BCUT2D eigenvalue weighted by molar-refractivity contribution is -0.136. The molecule has 2 heterocycles. The molecule has 2 aromatic rings. The molecule has 0 bridgehead atoms. The molecule has 2 aromatic carbocycles. The van der Waals surface area contributed by atoms with Gasteiger partial charge < -0.3 is 20.0 Å². The third-order valence-electron chi connectivity index (χ3n) is 5.36. The molecular weight excluding hydrogens is 423 g/mol. The lowest BCUT2D eigenvalue weighted by atomic mass is 10.0. The molecule has 31 heavy (non-hydrogen) atoms. The van der Waals surface area contributed by atoms with E-state index in [9.17, 15) is 14.0 Å². The minimum absolute atomic E-state index is 0.102. The summed E-state index contributed by atoms with van der Waals surface area (Å²) < 4.78 is 13.4. The molecule has 1 atom stereocenters. The quantitative estimate of drug-likeness (QED) is 0.768. The fourth-order valence-electron chi connectivity index (χ4n) is 3.61. The Morgan fingerprint density at radius 3 is 2.58 bits per heavy atom. The Kier molecular flexibility index (Phi) is 6.36. The summed E-state index contributed by atoms with van der Waals surface area (Å²) in [5.41, 5.74) is 2.14. The number of hydrogen-bond acceptors (Lipinski definition) is 5. The number of benzene rings is 2. The Bertz CT molecular complexity index is 991. The van der Waals surface area contributed by atoms with Gasteiger partial charge in [0, 0.05) is 48.9 Å².